The van der Waals surface area contributed by atoms with Gasteiger partial charge in [0, 0.05) is 12.1 Å². The van der Waals surface area contributed by atoms with E-state index in [4.69, 9.17) is 9.47 Å². The SMILES string of the molecule is COc1ccc(C(=O)O[C@H](C)C(=O)c2ccc(C)cc2)cc1S(=O)(=O)N1CCCc2ccccc21. The van der Waals surface area contributed by atoms with Crippen LogP contribution in [0.15, 0.2) is 71.6 Å². The quantitative estimate of drug-likeness (QED) is 0.354. The molecular weight excluding hydrogens is 466 g/mol. The van der Waals surface area contributed by atoms with Gasteiger partial charge in [-0.15, -0.1) is 0 Å². The number of methoxy groups -OCH3 is 1. The fraction of sp³-hybridized carbons (Fsp3) is 0.259. The summed E-state index contributed by atoms with van der Waals surface area (Å²) in [6, 6.07) is 18.4. The molecular formula is C27H27NO6S. The van der Waals surface area contributed by atoms with Crippen molar-refractivity contribution in [2.75, 3.05) is 18.0 Å². The van der Waals surface area contributed by atoms with Gasteiger partial charge in [0.2, 0.25) is 5.78 Å². The van der Waals surface area contributed by atoms with Gasteiger partial charge in [0.15, 0.2) is 6.10 Å². The van der Waals surface area contributed by atoms with Crippen LogP contribution in [-0.2, 0) is 21.2 Å². The molecule has 0 fully saturated rings. The van der Waals surface area contributed by atoms with Crippen molar-refractivity contribution in [1.29, 1.82) is 0 Å². The molecule has 3 aromatic rings. The van der Waals surface area contributed by atoms with Crippen LogP contribution < -0.4 is 9.04 Å². The van der Waals surface area contributed by atoms with E-state index in [9.17, 15) is 18.0 Å². The van der Waals surface area contributed by atoms with Crippen molar-refractivity contribution in [3.8, 4) is 5.75 Å². The van der Waals surface area contributed by atoms with Gasteiger partial charge in [-0.25, -0.2) is 13.2 Å². The van der Waals surface area contributed by atoms with Crippen molar-refractivity contribution in [2.45, 2.75) is 37.7 Å². The zero-order valence-electron chi connectivity index (χ0n) is 19.9. The smallest absolute Gasteiger partial charge is 0.338 e. The van der Waals surface area contributed by atoms with E-state index in [2.05, 4.69) is 0 Å². The third-order valence-electron chi connectivity index (χ3n) is 6.02. The first kappa shape index (κ1) is 24.5. The van der Waals surface area contributed by atoms with Gasteiger partial charge in [-0.05, 0) is 56.5 Å². The molecule has 0 unspecified atom stereocenters. The number of benzene rings is 3. The summed E-state index contributed by atoms with van der Waals surface area (Å²) in [4.78, 5) is 25.4. The van der Waals surface area contributed by atoms with E-state index in [-0.39, 0.29) is 22.0 Å². The van der Waals surface area contributed by atoms with Crippen molar-refractivity contribution < 1.29 is 27.5 Å². The molecule has 0 amide bonds. The number of ether oxygens (including phenoxy) is 2. The number of aryl methyl sites for hydroxylation is 2. The van der Waals surface area contributed by atoms with Gasteiger partial charge >= 0.3 is 5.97 Å². The lowest BCUT2D eigenvalue weighted by Crippen LogP contribution is -2.35. The number of fused-ring (bicyclic) bond motifs is 1. The highest BCUT2D eigenvalue weighted by Crippen LogP contribution is 2.35. The number of carbonyl (C=O) groups is 2. The first-order chi connectivity index (χ1) is 16.7. The average Bonchev–Trinajstić information content (AvgIpc) is 2.87. The van der Waals surface area contributed by atoms with Crippen LogP contribution in [-0.4, -0.2) is 39.9 Å². The minimum absolute atomic E-state index is 0.0122. The number of para-hydroxylation sites is 1. The van der Waals surface area contributed by atoms with E-state index < -0.39 is 22.1 Å². The summed E-state index contributed by atoms with van der Waals surface area (Å²) in [7, 11) is -2.66. The highest BCUT2D eigenvalue weighted by molar-refractivity contribution is 7.93. The third kappa shape index (κ3) is 4.93. The molecule has 0 bridgehead atoms. The van der Waals surface area contributed by atoms with Gasteiger partial charge in [0.25, 0.3) is 10.0 Å². The number of carbonyl (C=O) groups excluding carboxylic acids is 2. The number of ketones is 1. The Balaban J connectivity index is 1.62. The van der Waals surface area contributed by atoms with Gasteiger partial charge in [0.1, 0.15) is 10.6 Å². The molecule has 182 valence electrons. The van der Waals surface area contributed by atoms with Gasteiger partial charge in [-0.3, -0.25) is 9.10 Å². The van der Waals surface area contributed by atoms with Gasteiger partial charge in [0.05, 0.1) is 18.4 Å². The Morgan fingerprint density at radius 3 is 2.37 bits per heavy atom. The van der Waals surface area contributed by atoms with Crippen molar-refractivity contribution in [1.82, 2.24) is 0 Å². The van der Waals surface area contributed by atoms with Gasteiger partial charge < -0.3 is 9.47 Å². The Kier molecular flexibility index (Phi) is 6.93. The number of esters is 1. The summed E-state index contributed by atoms with van der Waals surface area (Å²) in [6.45, 7) is 3.72. The molecule has 1 atom stereocenters. The molecule has 7 nitrogen and oxygen atoms in total. The topological polar surface area (TPSA) is 90.0 Å². The number of nitrogens with zero attached hydrogens (tertiary/aromatic N) is 1. The summed E-state index contributed by atoms with van der Waals surface area (Å²) in [6.07, 6.45) is 0.429. The van der Waals surface area contributed by atoms with Gasteiger partial charge in [-0.1, -0.05) is 48.0 Å². The molecule has 8 heteroatoms. The second kappa shape index (κ2) is 9.92. The maximum absolute atomic E-state index is 13.7. The van der Waals surface area contributed by atoms with E-state index in [0.717, 1.165) is 17.5 Å². The fourth-order valence-corrected chi connectivity index (χ4v) is 5.83. The Hall–Kier alpha value is -3.65. The molecule has 4 rings (SSSR count). The molecule has 1 aliphatic heterocycles. The molecule has 0 N–H and O–H groups in total. The first-order valence-electron chi connectivity index (χ1n) is 11.3. The lowest BCUT2D eigenvalue weighted by atomic mass is 10.0. The Morgan fingerprint density at radius 1 is 0.971 bits per heavy atom. The lowest BCUT2D eigenvalue weighted by molar-refractivity contribution is 0.0318. The molecule has 0 aliphatic carbocycles. The second-order valence-corrected chi connectivity index (χ2v) is 10.3. The molecule has 35 heavy (non-hydrogen) atoms. The number of sulfonamides is 1. The third-order valence-corrected chi connectivity index (χ3v) is 7.86. The van der Waals surface area contributed by atoms with E-state index in [0.29, 0.717) is 24.2 Å². The lowest BCUT2D eigenvalue weighted by Gasteiger charge is -2.31. The van der Waals surface area contributed by atoms with Crippen molar-refractivity contribution in [2.24, 2.45) is 0 Å². The van der Waals surface area contributed by atoms with Crippen molar-refractivity contribution >= 4 is 27.5 Å². The van der Waals surface area contributed by atoms with Crippen LogP contribution >= 0.6 is 0 Å². The maximum atomic E-state index is 13.7. The molecule has 0 aromatic heterocycles. The summed E-state index contributed by atoms with van der Waals surface area (Å²) in [5, 5.41) is 0. The summed E-state index contributed by atoms with van der Waals surface area (Å²) < 4.78 is 39.4. The highest BCUT2D eigenvalue weighted by atomic mass is 32.2. The van der Waals surface area contributed by atoms with Crippen LogP contribution in [0.5, 0.6) is 5.75 Å². The molecule has 1 heterocycles. The summed E-state index contributed by atoms with van der Waals surface area (Å²) >= 11 is 0. The molecule has 0 spiro atoms. The number of rotatable bonds is 7. The molecule has 3 aromatic carbocycles. The monoisotopic (exact) mass is 493 g/mol. The Morgan fingerprint density at radius 2 is 1.66 bits per heavy atom. The largest absolute Gasteiger partial charge is 0.495 e. The molecule has 0 saturated heterocycles. The van der Waals surface area contributed by atoms with Crippen LogP contribution in [0.25, 0.3) is 0 Å². The molecule has 0 radical (unpaired) electrons. The number of hydrogen-bond acceptors (Lipinski definition) is 6. The van der Waals surface area contributed by atoms with Crippen LogP contribution in [0, 0.1) is 6.92 Å². The van der Waals surface area contributed by atoms with Crippen LogP contribution in [0.2, 0.25) is 0 Å². The summed E-state index contributed by atoms with van der Waals surface area (Å²) in [5.74, 6) is -1.02. The van der Waals surface area contributed by atoms with E-state index in [1.54, 1.807) is 36.4 Å². The summed E-state index contributed by atoms with van der Waals surface area (Å²) in [5.41, 5.74) is 3.01. The Labute approximate surface area is 205 Å². The number of anilines is 1. The number of hydrogen-bond donors (Lipinski definition) is 0. The minimum Gasteiger partial charge on any atom is -0.495 e. The second-order valence-electron chi connectivity index (χ2n) is 8.45. The normalized spacial score (nSPS) is 14.1. The molecule has 1 aliphatic rings. The zero-order valence-corrected chi connectivity index (χ0v) is 20.7. The van der Waals surface area contributed by atoms with Crippen LogP contribution in [0.1, 0.15) is 45.2 Å². The average molecular weight is 494 g/mol. The van der Waals surface area contributed by atoms with E-state index in [1.165, 1.54) is 36.5 Å². The van der Waals surface area contributed by atoms with Gasteiger partial charge in [-0.2, -0.15) is 0 Å². The predicted octanol–water partition coefficient (Wildman–Crippen LogP) is 4.57. The van der Waals surface area contributed by atoms with E-state index >= 15 is 0 Å². The van der Waals surface area contributed by atoms with Crippen molar-refractivity contribution in [3.05, 3.63) is 89.0 Å². The van der Waals surface area contributed by atoms with Crippen molar-refractivity contribution in [3.63, 3.8) is 0 Å². The minimum atomic E-state index is -4.03. The first-order valence-corrected chi connectivity index (χ1v) is 12.8. The predicted molar refractivity (Wildman–Crippen MR) is 133 cm³/mol. The van der Waals surface area contributed by atoms with E-state index in [1.807, 2.05) is 19.1 Å². The molecule has 0 saturated carbocycles. The maximum Gasteiger partial charge on any atom is 0.338 e. The fourth-order valence-electron chi connectivity index (χ4n) is 4.11. The van der Waals surface area contributed by atoms with Crippen LogP contribution in [0.4, 0.5) is 5.69 Å². The standard InChI is InChI=1S/C27H27NO6S/c1-18-10-12-21(13-11-18)26(29)19(2)34-27(30)22-14-15-24(33-3)25(17-22)35(31,32)28-16-6-8-20-7-4-5-9-23(20)28/h4-5,7,9-15,17,19H,6,8,16H2,1-3H3/t19-/m1/s1. The number of Topliss-reactive ketones (excluding diaryl/α,β-unsaturated/α-hetero) is 1. The Bertz CT molecular complexity index is 1360. The highest BCUT2D eigenvalue weighted by Gasteiger charge is 2.32. The zero-order chi connectivity index (χ0) is 25.2. The van der Waals surface area contributed by atoms with Crippen LogP contribution in [0.3, 0.4) is 0 Å².